The van der Waals surface area contributed by atoms with Gasteiger partial charge in [-0.1, -0.05) is 0 Å². The number of nitrogens with one attached hydrogen (secondary N) is 1. The fourth-order valence-electron chi connectivity index (χ4n) is 1.32. The summed E-state index contributed by atoms with van der Waals surface area (Å²) in [6, 6.07) is 3.67. The molecule has 0 heterocycles. The third-order valence-corrected chi connectivity index (χ3v) is 4.52. The number of benzene rings is 1. The molecule has 0 aliphatic heterocycles. The third kappa shape index (κ3) is 5.84. The maximum Gasteiger partial charge on any atom is 0.240 e. The van der Waals surface area contributed by atoms with Crippen molar-refractivity contribution in [2.45, 2.75) is 4.90 Å². The van der Waals surface area contributed by atoms with Crippen LogP contribution >= 0.6 is 15.9 Å². The van der Waals surface area contributed by atoms with E-state index in [1.54, 1.807) is 0 Å². The van der Waals surface area contributed by atoms with Crippen molar-refractivity contribution >= 4 is 26.0 Å². The highest BCUT2D eigenvalue weighted by molar-refractivity contribution is 9.10. The average molecular weight is 369 g/mol. The maximum absolute atomic E-state index is 13.3. The number of hydrogen-bond acceptors (Lipinski definition) is 4. The van der Waals surface area contributed by atoms with Crippen LogP contribution < -0.4 is 4.72 Å². The fraction of sp³-hybridized carbons (Fsp3) is 0.500. The van der Waals surface area contributed by atoms with Crippen LogP contribution in [0.5, 0.6) is 0 Å². The molecule has 0 bridgehead atoms. The molecule has 8 heteroatoms. The second-order valence-corrected chi connectivity index (χ2v) is 7.01. The number of likely N-dealkylation sites (N-methyl/N-ethyl adjacent to an activating group) is 1. The van der Waals surface area contributed by atoms with Crippen molar-refractivity contribution in [3.8, 4) is 0 Å². The minimum atomic E-state index is -3.70. The monoisotopic (exact) mass is 368 g/mol. The molecule has 0 aromatic heterocycles. The molecule has 0 aliphatic rings. The number of ether oxygens (including phenoxy) is 1. The first-order valence-corrected chi connectivity index (χ1v) is 8.28. The van der Waals surface area contributed by atoms with Crippen LogP contribution in [0.25, 0.3) is 0 Å². The van der Waals surface area contributed by atoms with Crippen molar-refractivity contribution in [1.82, 2.24) is 9.62 Å². The molecule has 0 spiro atoms. The Balaban J connectivity index is 2.43. The molecule has 0 fully saturated rings. The van der Waals surface area contributed by atoms with E-state index in [9.17, 15) is 12.8 Å². The first-order chi connectivity index (χ1) is 9.33. The molecule has 1 N–H and O–H groups in total. The highest BCUT2D eigenvalue weighted by atomic mass is 79.9. The Morgan fingerprint density at radius 2 is 2.05 bits per heavy atom. The molecular formula is C12H18BrFN2O3S. The molecule has 5 nitrogen and oxygen atoms in total. The summed E-state index contributed by atoms with van der Waals surface area (Å²) in [6.45, 7) is 1.71. The van der Waals surface area contributed by atoms with E-state index in [2.05, 4.69) is 20.7 Å². The summed E-state index contributed by atoms with van der Waals surface area (Å²) in [5, 5.41) is 0. The largest absolute Gasteiger partial charge is 0.379 e. The van der Waals surface area contributed by atoms with Crippen LogP contribution in [0.1, 0.15) is 0 Å². The van der Waals surface area contributed by atoms with Gasteiger partial charge in [-0.2, -0.15) is 0 Å². The van der Waals surface area contributed by atoms with Crippen LogP contribution in [0, 0.1) is 5.82 Å². The molecule has 0 atom stereocenters. The van der Waals surface area contributed by atoms with E-state index in [0.29, 0.717) is 6.61 Å². The molecule has 0 saturated carbocycles. The van der Waals surface area contributed by atoms with Gasteiger partial charge in [-0.3, -0.25) is 0 Å². The van der Waals surface area contributed by atoms with Gasteiger partial charge in [0.15, 0.2) is 0 Å². The minimum Gasteiger partial charge on any atom is -0.379 e. The van der Waals surface area contributed by atoms with Gasteiger partial charge in [0, 0.05) is 13.1 Å². The van der Waals surface area contributed by atoms with Crippen LogP contribution in [0.15, 0.2) is 27.6 Å². The molecule has 0 unspecified atom stereocenters. The van der Waals surface area contributed by atoms with E-state index in [-0.39, 0.29) is 22.5 Å². The Kier molecular flexibility index (Phi) is 7.04. The van der Waals surface area contributed by atoms with Crippen molar-refractivity contribution in [2.24, 2.45) is 0 Å². The van der Waals surface area contributed by atoms with Crippen molar-refractivity contribution in [1.29, 1.82) is 0 Å². The van der Waals surface area contributed by atoms with E-state index in [0.717, 1.165) is 12.6 Å². The van der Waals surface area contributed by atoms with Gasteiger partial charge in [0.1, 0.15) is 5.82 Å². The van der Waals surface area contributed by atoms with Crippen LogP contribution in [-0.4, -0.2) is 53.7 Å². The summed E-state index contributed by atoms with van der Waals surface area (Å²) in [6.07, 6.45) is 0. The molecule has 0 amide bonds. The molecule has 20 heavy (non-hydrogen) atoms. The Morgan fingerprint density at radius 3 is 2.65 bits per heavy atom. The van der Waals surface area contributed by atoms with Gasteiger partial charge in [0.2, 0.25) is 10.0 Å². The summed E-state index contributed by atoms with van der Waals surface area (Å²) >= 11 is 2.97. The number of nitrogens with zero attached hydrogens (tertiary/aromatic N) is 1. The van der Waals surface area contributed by atoms with Gasteiger partial charge in [-0.15, -0.1) is 0 Å². The molecule has 114 valence electrons. The Labute approximate surface area is 127 Å². The normalized spacial score (nSPS) is 12.1. The number of sulfonamides is 1. The lowest BCUT2D eigenvalue weighted by molar-refractivity contribution is 0.122. The van der Waals surface area contributed by atoms with Gasteiger partial charge in [-0.25, -0.2) is 17.5 Å². The number of halogens is 2. The Morgan fingerprint density at radius 1 is 1.35 bits per heavy atom. The van der Waals surface area contributed by atoms with Gasteiger partial charge in [0.05, 0.1) is 22.6 Å². The van der Waals surface area contributed by atoms with Gasteiger partial charge in [-0.05, 0) is 48.2 Å². The van der Waals surface area contributed by atoms with Gasteiger partial charge >= 0.3 is 0 Å². The first-order valence-electron chi connectivity index (χ1n) is 6.00. The van der Waals surface area contributed by atoms with Crippen LogP contribution in [-0.2, 0) is 14.8 Å². The molecule has 1 aromatic rings. The highest BCUT2D eigenvalue weighted by Crippen LogP contribution is 2.19. The molecule has 1 aromatic carbocycles. The van der Waals surface area contributed by atoms with E-state index in [4.69, 9.17) is 4.74 Å². The molecular weight excluding hydrogens is 351 g/mol. The minimum absolute atomic E-state index is 0.105. The molecule has 0 saturated heterocycles. The predicted molar refractivity (Wildman–Crippen MR) is 78.7 cm³/mol. The zero-order valence-electron chi connectivity index (χ0n) is 11.4. The molecule has 1 rings (SSSR count). The van der Waals surface area contributed by atoms with Crippen LogP contribution in [0.4, 0.5) is 4.39 Å². The van der Waals surface area contributed by atoms with Crippen molar-refractivity contribution < 1.29 is 17.5 Å². The summed E-state index contributed by atoms with van der Waals surface area (Å²) in [5.41, 5.74) is 0. The number of hydrogen-bond donors (Lipinski definition) is 1. The van der Waals surface area contributed by atoms with E-state index in [1.807, 2.05) is 19.0 Å². The Bertz CT molecular complexity index is 538. The zero-order valence-corrected chi connectivity index (χ0v) is 13.8. The fourth-order valence-corrected chi connectivity index (χ4v) is 2.60. The van der Waals surface area contributed by atoms with E-state index < -0.39 is 15.8 Å². The van der Waals surface area contributed by atoms with Gasteiger partial charge in [0.25, 0.3) is 0 Å². The summed E-state index contributed by atoms with van der Waals surface area (Å²) in [4.78, 5) is 1.86. The van der Waals surface area contributed by atoms with Crippen molar-refractivity contribution in [3.05, 3.63) is 28.5 Å². The zero-order chi connectivity index (χ0) is 15.2. The van der Waals surface area contributed by atoms with Gasteiger partial charge < -0.3 is 9.64 Å². The van der Waals surface area contributed by atoms with E-state index in [1.165, 1.54) is 12.1 Å². The lowest BCUT2D eigenvalue weighted by Crippen LogP contribution is -2.28. The average Bonchev–Trinajstić information content (AvgIpc) is 2.36. The summed E-state index contributed by atoms with van der Waals surface area (Å²) < 4.78 is 44.9. The summed E-state index contributed by atoms with van der Waals surface area (Å²) in [7, 11) is 0.145. The second kappa shape index (κ2) is 8.04. The van der Waals surface area contributed by atoms with Crippen molar-refractivity contribution in [3.63, 3.8) is 0 Å². The smallest absolute Gasteiger partial charge is 0.240 e. The Hall–Kier alpha value is -0.540. The quantitative estimate of drug-likeness (QED) is 0.705. The van der Waals surface area contributed by atoms with Crippen LogP contribution in [0.3, 0.4) is 0 Å². The first kappa shape index (κ1) is 17.5. The molecule has 0 radical (unpaired) electrons. The second-order valence-electron chi connectivity index (χ2n) is 4.39. The predicted octanol–water partition coefficient (Wildman–Crippen LogP) is 1.44. The maximum atomic E-state index is 13.3. The molecule has 0 aliphatic carbocycles. The lowest BCUT2D eigenvalue weighted by Gasteiger charge is -2.10. The topological polar surface area (TPSA) is 58.6 Å². The van der Waals surface area contributed by atoms with Crippen LogP contribution in [0.2, 0.25) is 0 Å². The third-order valence-electron chi connectivity index (χ3n) is 2.42. The SMILES string of the molecule is CN(C)CCOCCNS(=O)(=O)c1ccc(Br)c(F)c1. The standard InChI is InChI=1S/C12H18BrFN2O3S/c1-16(2)6-8-19-7-5-15-20(17,18)10-3-4-11(13)12(14)9-10/h3-4,9,15H,5-8H2,1-2H3. The highest BCUT2D eigenvalue weighted by Gasteiger charge is 2.15. The summed E-state index contributed by atoms with van der Waals surface area (Å²) in [5.74, 6) is -0.616. The van der Waals surface area contributed by atoms with E-state index >= 15 is 0 Å². The van der Waals surface area contributed by atoms with Crippen molar-refractivity contribution in [2.75, 3.05) is 40.4 Å². The number of rotatable bonds is 8. The lowest BCUT2D eigenvalue weighted by atomic mass is 10.3.